The lowest BCUT2D eigenvalue weighted by Gasteiger charge is -2.24. The molecule has 8 nitrogen and oxygen atoms in total. The van der Waals surface area contributed by atoms with E-state index in [-0.39, 0.29) is 42.5 Å². The summed E-state index contributed by atoms with van der Waals surface area (Å²) in [6.45, 7) is 5.68. The lowest BCUT2D eigenvalue weighted by molar-refractivity contribution is -0.127. The van der Waals surface area contributed by atoms with Gasteiger partial charge in [0.25, 0.3) is 0 Å². The van der Waals surface area contributed by atoms with Crippen LogP contribution in [0.2, 0.25) is 0 Å². The fraction of sp³-hybridized carbons (Fsp3) is 0.900. The van der Waals surface area contributed by atoms with Gasteiger partial charge in [-0.3, -0.25) is 4.79 Å². The van der Waals surface area contributed by atoms with E-state index in [1.54, 1.807) is 19.0 Å². The van der Waals surface area contributed by atoms with Crippen LogP contribution in [0.25, 0.3) is 0 Å². The van der Waals surface area contributed by atoms with Gasteiger partial charge >= 0.3 is 0 Å². The highest BCUT2D eigenvalue weighted by Crippen LogP contribution is 2.14. The first-order chi connectivity index (χ1) is 13.6. The predicted octanol–water partition coefficient (Wildman–Crippen LogP) is 1.63. The first kappa shape index (κ1) is 26.4. The fourth-order valence-electron chi connectivity index (χ4n) is 3.19. The van der Waals surface area contributed by atoms with Crippen molar-refractivity contribution < 1.29 is 19.0 Å². The van der Waals surface area contributed by atoms with Gasteiger partial charge < -0.3 is 29.7 Å². The second-order valence-electron chi connectivity index (χ2n) is 7.73. The number of amides is 1. The summed E-state index contributed by atoms with van der Waals surface area (Å²) in [7, 11) is 3.48. The maximum Gasteiger partial charge on any atom is 0.243 e. The van der Waals surface area contributed by atoms with E-state index < -0.39 is 0 Å². The van der Waals surface area contributed by atoms with E-state index in [2.05, 4.69) is 15.6 Å². The van der Waals surface area contributed by atoms with Gasteiger partial charge in [-0.1, -0.05) is 0 Å². The van der Waals surface area contributed by atoms with Crippen LogP contribution in [-0.2, 0) is 19.0 Å². The van der Waals surface area contributed by atoms with Crippen LogP contribution in [-0.4, -0.2) is 89.6 Å². The highest BCUT2D eigenvalue weighted by molar-refractivity contribution is 14.0. The van der Waals surface area contributed by atoms with E-state index in [9.17, 15) is 4.79 Å². The normalized spacial score (nSPS) is 20.6. The molecule has 170 valence electrons. The number of aliphatic imine (C=N–C) groups is 1. The van der Waals surface area contributed by atoms with Crippen LogP contribution < -0.4 is 10.6 Å². The predicted molar refractivity (Wildman–Crippen MR) is 125 cm³/mol. The molecule has 1 unspecified atom stereocenters. The van der Waals surface area contributed by atoms with Crippen molar-refractivity contribution in [1.29, 1.82) is 0 Å². The van der Waals surface area contributed by atoms with Gasteiger partial charge in [0.2, 0.25) is 5.91 Å². The standard InChI is InChI=1S/C20H38N4O4.HI/c1-24(2)19(25)15-23-20(22-14-18-6-3-4-11-28-18)21-9-5-10-27-16-17-7-12-26-13-8-17;/h17-18H,3-16H2,1-2H3,(H2,21,22,23);1H. The van der Waals surface area contributed by atoms with Crippen molar-refractivity contribution in [2.45, 2.75) is 44.6 Å². The molecule has 9 heteroatoms. The molecule has 29 heavy (non-hydrogen) atoms. The molecule has 0 aromatic rings. The Hall–Kier alpha value is -0.650. The molecule has 0 bridgehead atoms. The number of likely N-dealkylation sites (N-methyl/N-ethyl adjacent to an activating group) is 1. The zero-order chi connectivity index (χ0) is 20.0. The third kappa shape index (κ3) is 12.0. The van der Waals surface area contributed by atoms with Crippen molar-refractivity contribution in [2.24, 2.45) is 10.9 Å². The molecule has 0 aromatic heterocycles. The zero-order valence-electron chi connectivity index (χ0n) is 18.0. The number of guanidine groups is 1. The molecule has 1 amide bonds. The number of nitrogens with one attached hydrogen (secondary N) is 2. The molecule has 0 aliphatic carbocycles. The van der Waals surface area contributed by atoms with Crippen LogP contribution in [0.4, 0.5) is 0 Å². The second-order valence-corrected chi connectivity index (χ2v) is 7.73. The number of carbonyl (C=O) groups is 1. The molecular formula is C20H39IN4O4. The highest BCUT2D eigenvalue weighted by atomic mass is 127. The number of rotatable bonds is 10. The number of ether oxygens (including phenoxy) is 3. The maximum atomic E-state index is 11.8. The maximum absolute atomic E-state index is 11.8. The van der Waals surface area contributed by atoms with Crippen molar-refractivity contribution >= 4 is 35.8 Å². The summed E-state index contributed by atoms with van der Waals surface area (Å²) >= 11 is 0. The summed E-state index contributed by atoms with van der Waals surface area (Å²) < 4.78 is 16.9. The van der Waals surface area contributed by atoms with Gasteiger partial charge in [0.15, 0.2) is 5.96 Å². The summed E-state index contributed by atoms with van der Waals surface area (Å²) in [6, 6.07) is 0. The van der Waals surface area contributed by atoms with Crippen LogP contribution in [0.3, 0.4) is 0 Å². The average Bonchev–Trinajstić information content (AvgIpc) is 2.73. The van der Waals surface area contributed by atoms with Gasteiger partial charge in [0.1, 0.15) is 6.54 Å². The quantitative estimate of drug-likeness (QED) is 0.195. The van der Waals surface area contributed by atoms with E-state index in [1.165, 1.54) is 6.42 Å². The Morgan fingerprint density at radius 3 is 2.62 bits per heavy atom. The van der Waals surface area contributed by atoms with Gasteiger partial charge in [-0.15, -0.1) is 24.0 Å². The zero-order valence-corrected chi connectivity index (χ0v) is 20.3. The van der Waals surface area contributed by atoms with Gasteiger partial charge in [-0.05, 0) is 44.4 Å². The summed E-state index contributed by atoms with van der Waals surface area (Å²) in [6.07, 6.45) is 6.72. The molecule has 2 aliphatic heterocycles. The Kier molecular flexibility index (Phi) is 14.6. The minimum Gasteiger partial charge on any atom is -0.381 e. The molecule has 2 fully saturated rings. The van der Waals surface area contributed by atoms with Crippen molar-refractivity contribution in [2.75, 3.05) is 66.8 Å². The average molecular weight is 526 g/mol. The molecule has 2 N–H and O–H groups in total. The Morgan fingerprint density at radius 2 is 1.93 bits per heavy atom. The molecule has 0 radical (unpaired) electrons. The topological polar surface area (TPSA) is 84.4 Å². The number of nitrogens with zero attached hydrogens (tertiary/aromatic N) is 2. The minimum absolute atomic E-state index is 0. The van der Waals surface area contributed by atoms with Gasteiger partial charge in [-0.2, -0.15) is 0 Å². The molecule has 0 aromatic carbocycles. The molecule has 0 spiro atoms. The molecule has 2 saturated heterocycles. The second kappa shape index (κ2) is 16.1. The van der Waals surface area contributed by atoms with Crippen molar-refractivity contribution in [3.8, 4) is 0 Å². The summed E-state index contributed by atoms with van der Waals surface area (Å²) in [5, 5.41) is 6.62. The molecule has 2 aliphatic rings. The lowest BCUT2D eigenvalue weighted by atomic mass is 10.0. The molecular weight excluding hydrogens is 487 g/mol. The molecule has 0 saturated carbocycles. The number of carbonyl (C=O) groups excluding carboxylic acids is 1. The molecule has 2 heterocycles. The third-order valence-corrected chi connectivity index (χ3v) is 5.09. The first-order valence-corrected chi connectivity index (χ1v) is 10.6. The van der Waals surface area contributed by atoms with Crippen molar-refractivity contribution in [3.63, 3.8) is 0 Å². The number of halogens is 1. The smallest absolute Gasteiger partial charge is 0.243 e. The molecule has 1 atom stereocenters. The monoisotopic (exact) mass is 526 g/mol. The lowest BCUT2D eigenvalue weighted by Crippen LogP contribution is -2.43. The van der Waals surface area contributed by atoms with Crippen LogP contribution in [0.15, 0.2) is 4.99 Å². The summed E-state index contributed by atoms with van der Waals surface area (Å²) in [4.78, 5) is 17.8. The van der Waals surface area contributed by atoms with E-state index in [0.717, 1.165) is 71.7 Å². The Balaban J connectivity index is 0.00000420. The Bertz CT molecular complexity index is 467. The number of hydrogen-bond donors (Lipinski definition) is 2. The minimum atomic E-state index is -0.0187. The van der Waals surface area contributed by atoms with E-state index in [4.69, 9.17) is 14.2 Å². The third-order valence-electron chi connectivity index (χ3n) is 5.09. The van der Waals surface area contributed by atoms with Crippen LogP contribution in [0, 0.1) is 5.92 Å². The fourth-order valence-corrected chi connectivity index (χ4v) is 3.19. The van der Waals surface area contributed by atoms with Crippen LogP contribution in [0.5, 0.6) is 0 Å². The first-order valence-electron chi connectivity index (χ1n) is 10.6. The van der Waals surface area contributed by atoms with Crippen molar-refractivity contribution in [3.05, 3.63) is 0 Å². The van der Waals surface area contributed by atoms with E-state index in [1.807, 2.05) is 0 Å². The van der Waals surface area contributed by atoms with Gasteiger partial charge in [-0.25, -0.2) is 4.99 Å². The SMILES string of the molecule is CN(C)C(=O)CN=C(NCCCOCC1CCOCC1)NCC1CCCCO1.I. The van der Waals surface area contributed by atoms with Crippen LogP contribution in [0.1, 0.15) is 38.5 Å². The van der Waals surface area contributed by atoms with Gasteiger partial charge in [0.05, 0.1) is 6.10 Å². The van der Waals surface area contributed by atoms with E-state index in [0.29, 0.717) is 18.4 Å². The van der Waals surface area contributed by atoms with Crippen molar-refractivity contribution in [1.82, 2.24) is 15.5 Å². The summed E-state index contributed by atoms with van der Waals surface area (Å²) in [5.74, 6) is 1.27. The highest BCUT2D eigenvalue weighted by Gasteiger charge is 2.15. The molecule has 2 rings (SSSR count). The van der Waals surface area contributed by atoms with Gasteiger partial charge in [0, 0.05) is 60.2 Å². The largest absolute Gasteiger partial charge is 0.381 e. The Morgan fingerprint density at radius 1 is 1.14 bits per heavy atom. The number of hydrogen-bond acceptors (Lipinski definition) is 5. The van der Waals surface area contributed by atoms with E-state index >= 15 is 0 Å². The van der Waals surface area contributed by atoms with Crippen LogP contribution >= 0.6 is 24.0 Å². The Labute approximate surface area is 192 Å². The summed E-state index contributed by atoms with van der Waals surface area (Å²) in [5.41, 5.74) is 0.